The lowest BCUT2D eigenvalue weighted by molar-refractivity contribution is 0.122. The molecule has 0 radical (unpaired) electrons. The lowest BCUT2D eigenvalue weighted by Gasteiger charge is -2.28. The van der Waals surface area contributed by atoms with Gasteiger partial charge in [0.25, 0.3) is 0 Å². The van der Waals surface area contributed by atoms with Crippen LogP contribution in [0.1, 0.15) is 5.82 Å². The SMILES string of the molecule is C=Cc1nc2c(N3CCOCC3)nc(-c3ccn(-c4ccccc4)n3)nc2n1C. The number of morpholine rings is 1. The van der Waals surface area contributed by atoms with Crippen LogP contribution in [-0.4, -0.2) is 55.6 Å². The molecule has 1 aliphatic rings. The molecule has 0 atom stereocenters. The molecule has 1 aliphatic heterocycles. The summed E-state index contributed by atoms with van der Waals surface area (Å²) in [6.45, 7) is 6.74. The Bertz CT molecular complexity index is 1170. The maximum absolute atomic E-state index is 5.51. The highest BCUT2D eigenvalue weighted by Gasteiger charge is 2.22. The fourth-order valence-electron chi connectivity index (χ4n) is 3.52. The van der Waals surface area contributed by atoms with Crippen molar-refractivity contribution < 1.29 is 4.74 Å². The first-order valence-electron chi connectivity index (χ1n) is 9.55. The highest BCUT2D eigenvalue weighted by atomic mass is 16.5. The van der Waals surface area contributed by atoms with E-state index in [9.17, 15) is 0 Å². The number of fused-ring (bicyclic) bond motifs is 1. The van der Waals surface area contributed by atoms with E-state index in [-0.39, 0.29) is 0 Å². The fourth-order valence-corrected chi connectivity index (χ4v) is 3.52. The second-order valence-corrected chi connectivity index (χ2v) is 6.86. The van der Waals surface area contributed by atoms with Crippen LogP contribution in [0.5, 0.6) is 0 Å². The highest BCUT2D eigenvalue weighted by molar-refractivity contribution is 5.87. The van der Waals surface area contributed by atoms with Crippen molar-refractivity contribution in [3.63, 3.8) is 0 Å². The molecule has 8 nitrogen and oxygen atoms in total. The highest BCUT2D eigenvalue weighted by Crippen LogP contribution is 2.28. The molecule has 4 heterocycles. The first kappa shape index (κ1) is 17.6. The number of aryl methyl sites for hydroxylation is 1. The minimum absolute atomic E-state index is 0.576. The third-order valence-electron chi connectivity index (χ3n) is 5.07. The van der Waals surface area contributed by atoms with E-state index in [1.165, 1.54) is 0 Å². The summed E-state index contributed by atoms with van der Waals surface area (Å²) in [4.78, 5) is 16.6. The number of ether oxygens (including phenoxy) is 1. The van der Waals surface area contributed by atoms with Crippen LogP contribution in [0.2, 0.25) is 0 Å². The molecular weight excluding hydrogens is 366 g/mol. The Morgan fingerprint density at radius 2 is 1.83 bits per heavy atom. The number of hydrogen-bond acceptors (Lipinski definition) is 6. The second kappa shape index (κ2) is 7.14. The smallest absolute Gasteiger partial charge is 0.184 e. The molecule has 4 aromatic rings. The maximum atomic E-state index is 5.51. The average Bonchev–Trinajstić information content (AvgIpc) is 3.40. The standard InChI is InChI=1S/C21H21N7O/c1-3-17-22-18-20(26(17)2)23-19(24-21(18)27-11-13-29-14-12-27)16-9-10-28(25-16)15-7-5-4-6-8-15/h3-10H,1,11-14H2,2H3. The molecule has 0 bridgehead atoms. The molecule has 8 heteroatoms. The Balaban J connectivity index is 1.65. The Morgan fingerprint density at radius 3 is 2.59 bits per heavy atom. The minimum atomic E-state index is 0.576. The van der Waals surface area contributed by atoms with Crippen LogP contribution in [0.15, 0.2) is 49.2 Å². The fraction of sp³-hybridized carbons (Fsp3) is 0.238. The molecule has 1 aromatic carbocycles. The van der Waals surface area contributed by atoms with E-state index in [2.05, 4.69) is 11.5 Å². The summed E-state index contributed by atoms with van der Waals surface area (Å²) >= 11 is 0. The predicted octanol–water partition coefficient (Wildman–Crippen LogP) is 2.70. The van der Waals surface area contributed by atoms with Gasteiger partial charge in [-0.05, 0) is 24.3 Å². The van der Waals surface area contributed by atoms with E-state index < -0.39 is 0 Å². The van der Waals surface area contributed by atoms with E-state index >= 15 is 0 Å². The summed E-state index contributed by atoms with van der Waals surface area (Å²) in [5, 5.41) is 4.70. The summed E-state index contributed by atoms with van der Waals surface area (Å²) in [6, 6.07) is 11.9. The molecule has 1 fully saturated rings. The van der Waals surface area contributed by atoms with Gasteiger partial charge in [-0.1, -0.05) is 24.8 Å². The van der Waals surface area contributed by atoms with Crippen LogP contribution in [0.3, 0.4) is 0 Å². The molecule has 146 valence electrons. The van der Waals surface area contributed by atoms with Crippen LogP contribution in [0.25, 0.3) is 34.4 Å². The van der Waals surface area contributed by atoms with E-state index in [4.69, 9.17) is 24.8 Å². The third kappa shape index (κ3) is 3.07. The largest absolute Gasteiger partial charge is 0.378 e. The third-order valence-corrected chi connectivity index (χ3v) is 5.07. The molecule has 5 rings (SSSR count). The van der Waals surface area contributed by atoms with Gasteiger partial charge in [-0.25, -0.2) is 19.6 Å². The molecular formula is C21H21N7O. The van der Waals surface area contributed by atoms with Crippen molar-refractivity contribution in [2.75, 3.05) is 31.2 Å². The first-order chi connectivity index (χ1) is 14.2. The Morgan fingerprint density at radius 1 is 1.03 bits per heavy atom. The summed E-state index contributed by atoms with van der Waals surface area (Å²) in [5.41, 5.74) is 3.24. The summed E-state index contributed by atoms with van der Waals surface area (Å²) in [5.74, 6) is 2.15. The van der Waals surface area contributed by atoms with Gasteiger partial charge in [0.15, 0.2) is 22.8 Å². The second-order valence-electron chi connectivity index (χ2n) is 6.86. The zero-order valence-electron chi connectivity index (χ0n) is 16.2. The normalized spacial score (nSPS) is 14.4. The van der Waals surface area contributed by atoms with Crippen molar-refractivity contribution in [3.05, 3.63) is 55.0 Å². The summed E-state index contributed by atoms with van der Waals surface area (Å²) in [7, 11) is 1.94. The molecule has 3 aromatic heterocycles. The van der Waals surface area contributed by atoms with Crippen LogP contribution in [0.4, 0.5) is 5.82 Å². The van der Waals surface area contributed by atoms with Crippen LogP contribution < -0.4 is 4.90 Å². The van der Waals surface area contributed by atoms with Crippen LogP contribution in [-0.2, 0) is 11.8 Å². The monoisotopic (exact) mass is 387 g/mol. The van der Waals surface area contributed by atoms with Gasteiger partial charge >= 0.3 is 0 Å². The number of aromatic nitrogens is 6. The van der Waals surface area contributed by atoms with Gasteiger partial charge in [0.2, 0.25) is 0 Å². The molecule has 0 N–H and O–H groups in total. The lowest BCUT2D eigenvalue weighted by Crippen LogP contribution is -2.37. The van der Waals surface area contributed by atoms with Gasteiger partial charge in [-0.2, -0.15) is 5.10 Å². The zero-order chi connectivity index (χ0) is 19.8. The van der Waals surface area contributed by atoms with Gasteiger partial charge in [0.05, 0.1) is 18.9 Å². The topological polar surface area (TPSA) is 73.9 Å². The molecule has 0 aliphatic carbocycles. The van der Waals surface area contributed by atoms with Crippen LogP contribution >= 0.6 is 0 Å². The van der Waals surface area contributed by atoms with Crippen molar-refractivity contribution in [1.82, 2.24) is 29.3 Å². The molecule has 29 heavy (non-hydrogen) atoms. The van der Waals surface area contributed by atoms with Crippen molar-refractivity contribution in [3.8, 4) is 17.2 Å². The Labute approximate surface area is 168 Å². The lowest BCUT2D eigenvalue weighted by atomic mass is 10.3. The van der Waals surface area contributed by atoms with Crippen molar-refractivity contribution in [2.24, 2.45) is 7.05 Å². The number of anilines is 1. The zero-order valence-corrected chi connectivity index (χ0v) is 16.2. The molecule has 0 unspecified atom stereocenters. The van der Waals surface area contributed by atoms with E-state index in [0.717, 1.165) is 41.6 Å². The van der Waals surface area contributed by atoms with Gasteiger partial charge in [-0.15, -0.1) is 0 Å². The average molecular weight is 387 g/mol. The molecule has 0 amide bonds. The molecule has 0 spiro atoms. The Hall–Kier alpha value is -3.52. The summed E-state index contributed by atoms with van der Waals surface area (Å²) < 4.78 is 9.27. The van der Waals surface area contributed by atoms with Crippen LogP contribution in [0, 0.1) is 0 Å². The van der Waals surface area contributed by atoms with Gasteiger partial charge in [0, 0.05) is 26.3 Å². The first-order valence-corrected chi connectivity index (χ1v) is 9.55. The minimum Gasteiger partial charge on any atom is -0.378 e. The van der Waals surface area contributed by atoms with Crippen molar-refractivity contribution in [2.45, 2.75) is 0 Å². The molecule has 1 saturated heterocycles. The maximum Gasteiger partial charge on any atom is 0.184 e. The number of imidazole rings is 1. The summed E-state index contributed by atoms with van der Waals surface area (Å²) in [6.07, 6.45) is 3.65. The number of hydrogen-bond donors (Lipinski definition) is 0. The van der Waals surface area contributed by atoms with Gasteiger partial charge < -0.3 is 14.2 Å². The number of benzene rings is 1. The molecule has 0 saturated carbocycles. The number of para-hydroxylation sites is 1. The Kier molecular flexibility index (Phi) is 4.33. The van der Waals surface area contributed by atoms with Gasteiger partial charge in [-0.3, -0.25) is 0 Å². The predicted molar refractivity (Wildman–Crippen MR) is 112 cm³/mol. The van der Waals surface area contributed by atoms with Crippen molar-refractivity contribution in [1.29, 1.82) is 0 Å². The quantitative estimate of drug-likeness (QED) is 0.536. The number of rotatable bonds is 4. The van der Waals surface area contributed by atoms with E-state index in [0.29, 0.717) is 24.7 Å². The van der Waals surface area contributed by atoms with E-state index in [1.807, 2.05) is 58.9 Å². The van der Waals surface area contributed by atoms with E-state index in [1.54, 1.807) is 6.08 Å². The van der Waals surface area contributed by atoms with Gasteiger partial charge in [0.1, 0.15) is 11.5 Å². The van der Waals surface area contributed by atoms with Crippen molar-refractivity contribution >= 4 is 23.1 Å². The number of nitrogens with zero attached hydrogens (tertiary/aromatic N) is 7.